The second kappa shape index (κ2) is 6.17. The van der Waals surface area contributed by atoms with Crippen LogP contribution in [0.1, 0.15) is 48.1 Å². The van der Waals surface area contributed by atoms with Gasteiger partial charge in [-0.05, 0) is 24.8 Å². The number of rotatable bonds is 2. The first-order chi connectivity index (χ1) is 10.3. The van der Waals surface area contributed by atoms with Crippen molar-refractivity contribution in [2.45, 2.75) is 44.9 Å². The van der Waals surface area contributed by atoms with Gasteiger partial charge in [0.15, 0.2) is 0 Å². The number of aryl methyl sites for hydroxylation is 1. The Bertz CT molecular complexity index is 671. The molecule has 0 fully saturated rings. The summed E-state index contributed by atoms with van der Waals surface area (Å²) < 4.78 is 5.50. The lowest BCUT2D eigenvalue weighted by Crippen LogP contribution is -2.14. The van der Waals surface area contributed by atoms with E-state index in [0.717, 1.165) is 43.2 Å². The van der Waals surface area contributed by atoms with Crippen molar-refractivity contribution in [1.29, 1.82) is 0 Å². The van der Waals surface area contributed by atoms with E-state index in [1.54, 1.807) is 0 Å². The number of aromatic hydroxyl groups is 1. The van der Waals surface area contributed by atoms with Crippen LogP contribution in [0.5, 0.6) is 5.75 Å². The minimum Gasteiger partial charge on any atom is -0.507 e. The summed E-state index contributed by atoms with van der Waals surface area (Å²) in [6.07, 6.45) is 6.37. The smallest absolute Gasteiger partial charge is 0.343 e. The van der Waals surface area contributed by atoms with Crippen molar-refractivity contribution in [3.63, 3.8) is 0 Å². The highest BCUT2D eigenvalue weighted by Gasteiger charge is 2.20. The molecule has 2 aromatic rings. The Morgan fingerprint density at radius 2 is 1.71 bits per heavy atom. The first-order valence-electron chi connectivity index (χ1n) is 7.66. The molecule has 1 N–H and O–H groups in total. The molecule has 0 spiro atoms. The highest BCUT2D eigenvalue weighted by Crippen LogP contribution is 2.29. The SMILES string of the molecule is O=c1oc2c(c(O)c1Cc1ccccc1)CCCCCC2. The van der Waals surface area contributed by atoms with Gasteiger partial charge in [-0.15, -0.1) is 0 Å². The molecule has 1 aliphatic carbocycles. The third-order valence-electron chi connectivity index (χ3n) is 4.17. The van der Waals surface area contributed by atoms with Crippen LogP contribution >= 0.6 is 0 Å². The molecule has 0 bridgehead atoms. The van der Waals surface area contributed by atoms with Gasteiger partial charge in [0.2, 0.25) is 0 Å². The molecule has 0 saturated carbocycles. The van der Waals surface area contributed by atoms with Crippen molar-refractivity contribution >= 4 is 0 Å². The van der Waals surface area contributed by atoms with E-state index < -0.39 is 5.63 Å². The van der Waals surface area contributed by atoms with Crippen molar-refractivity contribution in [3.8, 4) is 5.75 Å². The van der Waals surface area contributed by atoms with E-state index in [1.807, 2.05) is 30.3 Å². The molecule has 3 heteroatoms. The van der Waals surface area contributed by atoms with Crippen LogP contribution in [-0.2, 0) is 19.3 Å². The lowest BCUT2D eigenvalue weighted by atomic mass is 9.95. The molecule has 0 aliphatic heterocycles. The van der Waals surface area contributed by atoms with E-state index in [-0.39, 0.29) is 5.75 Å². The molecular weight excluding hydrogens is 264 g/mol. The van der Waals surface area contributed by atoms with Crippen LogP contribution in [0.25, 0.3) is 0 Å². The molecule has 110 valence electrons. The van der Waals surface area contributed by atoms with Crippen molar-refractivity contribution in [3.05, 3.63) is 63.2 Å². The topological polar surface area (TPSA) is 50.4 Å². The Hall–Kier alpha value is -2.03. The maximum Gasteiger partial charge on any atom is 0.343 e. The fourth-order valence-corrected chi connectivity index (χ4v) is 3.00. The summed E-state index contributed by atoms with van der Waals surface area (Å²) in [6, 6.07) is 9.71. The van der Waals surface area contributed by atoms with Crippen LogP contribution < -0.4 is 5.63 Å². The predicted molar refractivity (Wildman–Crippen MR) is 81.8 cm³/mol. The highest BCUT2D eigenvalue weighted by molar-refractivity contribution is 5.42. The summed E-state index contributed by atoms with van der Waals surface area (Å²) in [5.74, 6) is 0.848. The van der Waals surface area contributed by atoms with E-state index in [2.05, 4.69) is 0 Å². The third kappa shape index (κ3) is 3.02. The number of hydrogen-bond acceptors (Lipinski definition) is 3. The normalized spacial score (nSPS) is 15.0. The Labute approximate surface area is 124 Å². The lowest BCUT2D eigenvalue weighted by Gasteiger charge is -2.15. The monoisotopic (exact) mass is 284 g/mol. The summed E-state index contributed by atoms with van der Waals surface area (Å²) in [4.78, 5) is 12.2. The average molecular weight is 284 g/mol. The van der Waals surface area contributed by atoms with Crippen molar-refractivity contribution in [2.24, 2.45) is 0 Å². The van der Waals surface area contributed by atoms with E-state index in [9.17, 15) is 9.90 Å². The quantitative estimate of drug-likeness (QED) is 0.916. The zero-order valence-corrected chi connectivity index (χ0v) is 12.1. The Morgan fingerprint density at radius 3 is 2.48 bits per heavy atom. The zero-order valence-electron chi connectivity index (χ0n) is 12.1. The number of hydrogen-bond donors (Lipinski definition) is 1. The Kier molecular flexibility index (Phi) is 4.09. The van der Waals surface area contributed by atoms with Crippen LogP contribution in [-0.4, -0.2) is 5.11 Å². The first kappa shape index (κ1) is 13.9. The van der Waals surface area contributed by atoms with Gasteiger partial charge in [0.25, 0.3) is 0 Å². The molecule has 21 heavy (non-hydrogen) atoms. The van der Waals surface area contributed by atoms with Crippen LogP contribution in [0.2, 0.25) is 0 Å². The molecule has 0 amide bonds. The lowest BCUT2D eigenvalue weighted by molar-refractivity contribution is 0.390. The average Bonchev–Trinajstić information content (AvgIpc) is 2.47. The fourth-order valence-electron chi connectivity index (χ4n) is 3.00. The predicted octanol–water partition coefficient (Wildman–Crippen LogP) is 3.60. The van der Waals surface area contributed by atoms with Crippen LogP contribution in [0.15, 0.2) is 39.5 Å². The summed E-state index contributed by atoms with van der Waals surface area (Å²) in [6.45, 7) is 0. The van der Waals surface area contributed by atoms with Crippen LogP contribution in [0.4, 0.5) is 0 Å². The molecule has 0 saturated heterocycles. The minimum absolute atomic E-state index is 0.159. The second-order valence-corrected chi connectivity index (χ2v) is 5.69. The molecule has 0 atom stereocenters. The molecule has 1 heterocycles. The zero-order chi connectivity index (χ0) is 14.7. The summed E-state index contributed by atoms with van der Waals surface area (Å²) >= 11 is 0. The van der Waals surface area contributed by atoms with Gasteiger partial charge in [-0.25, -0.2) is 4.79 Å². The largest absolute Gasteiger partial charge is 0.507 e. The van der Waals surface area contributed by atoms with Crippen molar-refractivity contribution < 1.29 is 9.52 Å². The van der Waals surface area contributed by atoms with Crippen LogP contribution in [0, 0.1) is 0 Å². The molecule has 1 aromatic heterocycles. The maximum absolute atomic E-state index is 12.2. The standard InChI is InChI=1S/C18H20O3/c19-17-14-10-6-1-2-7-11-16(14)21-18(20)15(17)12-13-8-4-3-5-9-13/h3-5,8-9,19H,1-2,6-7,10-12H2. The summed E-state index contributed by atoms with van der Waals surface area (Å²) in [7, 11) is 0. The van der Waals surface area contributed by atoms with Gasteiger partial charge >= 0.3 is 5.63 Å². The van der Waals surface area contributed by atoms with Crippen molar-refractivity contribution in [1.82, 2.24) is 0 Å². The third-order valence-corrected chi connectivity index (χ3v) is 4.17. The van der Waals surface area contributed by atoms with Gasteiger partial charge < -0.3 is 9.52 Å². The molecule has 3 rings (SSSR count). The number of benzene rings is 1. The minimum atomic E-state index is -0.393. The second-order valence-electron chi connectivity index (χ2n) is 5.69. The van der Waals surface area contributed by atoms with Gasteiger partial charge in [0.05, 0.1) is 5.56 Å². The molecule has 1 aromatic carbocycles. The van der Waals surface area contributed by atoms with Crippen molar-refractivity contribution in [2.75, 3.05) is 0 Å². The number of fused-ring (bicyclic) bond motifs is 1. The Balaban J connectivity index is 2.01. The fraction of sp³-hybridized carbons (Fsp3) is 0.389. The van der Waals surface area contributed by atoms with Gasteiger partial charge in [0.1, 0.15) is 11.5 Å². The maximum atomic E-state index is 12.2. The molecule has 0 unspecified atom stereocenters. The van der Waals surface area contributed by atoms with E-state index in [4.69, 9.17) is 4.42 Å². The van der Waals surface area contributed by atoms with Crippen LogP contribution in [0.3, 0.4) is 0 Å². The van der Waals surface area contributed by atoms with Gasteiger partial charge in [-0.2, -0.15) is 0 Å². The molecule has 0 radical (unpaired) electrons. The van der Waals surface area contributed by atoms with Gasteiger partial charge in [-0.1, -0.05) is 43.2 Å². The molecular formula is C18H20O3. The molecule has 3 nitrogen and oxygen atoms in total. The highest BCUT2D eigenvalue weighted by atomic mass is 16.4. The van der Waals surface area contributed by atoms with E-state index >= 15 is 0 Å². The van der Waals surface area contributed by atoms with Gasteiger partial charge in [-0.3, -0.25) is 0 Å². The van der Waals surface area contributed by atoms with Gasteiger partial charge in [0, 0.05) is 18.4 Å². The first-order valence-corrected chi connectivity index (χ1v) is 7.66. The Morgan fingerprint density at radius 1 is 1.00 bits per heavy atom. The summed E-state index contributed by atoms with van der Waals surface area (Å²) in [5.41, 5.74) is 1.85. The van der Waals surface area contributed by atoms with E-state index in [1.165, 1.54) is 6.42 Å². The molecule has 1 aliphatic rings. The van der Waals surface area contributed by atoms with E-state index in [0.29, 0.717) is 17.7 Å². The summed E-state index contributed by atoms with van der Waals surface area (Å²) in [5, 5.41) is 10.5.